The Morgan fingerprint density at radius 1 is 1.50 bits per heavy atom. The van der Waals surface area contributed by atoms with Crippen LogP contribution in [0.25, 0.3) is 0 Å². The van der Waals surface area contributed by atoms with Gasteiger partial charge in [0, 0.05) is 24.7 Å². The van der Waals surface area contributed by atoms with Crippen molar-refractivity contribution in [3.8, 4) is 0 Å². The second-order valence-electron chi connectivity index (χ2n) is 4.93. The molecule has 0 bridgehead atoms. The van der Waals surface area contributed by atoms with Crippen LogP contribution in [-0.4, -0.2) is 24.0 Å². The SMILES string of the molecule is C=CCN(CCC)Cc1occc1CNC(C)C. The van der Waals surface area contributed by atoms with Crippen LogP contribution in [0, 0.1) is 0 Å². The van der Waals surface area contributed by atoms with Crippen molar-refractivity contribution >= 4 is 0 Å². The Bertz CT molecular complexity index is 344. The lowest BCUT2D eigenvalue weighted by Crippen LogP contribution is -2.26. The number of nitrogens with zero attached hydrogens (tertiary/aromatic N) is 1. The summed E-state index contributed by atoms with van der Waals surface area (Å²) in [7, 11) is 0. The molecule has 0 amide bonds. The van der Waals surface area contributed by atoms with Crippen molar-refractivity contribution in [1.82, 2.24) is 10.2 Å². The molecule has 0 aliphatic heterocycles. The van der Waals surface area contributed by atoms with Crippen molar-refractivity contribution in [1.29, 1.82) is 0 Å². The molecule has 18 heavy (non-hydrogen) atoms. The molecule has 1 heterocycles. The van der Waals surface area contributed by atoms with Gasteiger partial charge in [-0.15, -0.1) is 6.58 Å². The van der Waals surface area contributed by atoms with E-state index >= 15 is 0 Å². The van der Waals surface area contributed by atoms with Crippen LogP contribution in [0.5, 0.6) is 0 Å². The smallest absolute Gasteiger partial charge is 0.122 e. The minimum Gasteiger partial charge on any atom is -0.468 e. The molecule has 1 N–H and O–H groups in total. The number of furan rings is 1. The topological polar surface area (TPSA) is 28.4 Å². The number of rotatable bonds is 9. The van der Waals surface area contributed by atoms with Crippen LogP contribution in [0.1, 0.15) is 38.5 Å². The summed E-state index contributed by atoms with van der Waals surface area (Å²) < 4.78 is 5.60. The molecule has 0 aliphatic rings. The van der Waals surface area contributed by atoms with Crippen molar-refractivity contribution in [2.45, 2.75) is 46.3 Å². The molecule has 1 aromatic heterocycles. The van der Waals surface area contributed by atoms with Crippen LogP contribution in [-0.2, 0) is 13.1 Å². The van der Waals surface area contributed by atoms with Gasteiger partial charge in [-0.25, -0.2) is 0 Å². The molecule has 1 rings (SSSR count). The van der Waals surface area contributed by atoms with Gasteiger partial charge in [0.1, 0.15) is 5.76 Å². The van der Waals surface area contributed by atoms with Gasteiger partial charge in [0.2, 0.25) is 0 Å². The molecule has 1 aromatic rings. The van der Waals surface area contributed by atoms with E-state index < -0.39 is 0 Å². The number of nitrogens with one attached hydrogen (secondary N) is 1. The van der Waals surface area contributed by atoms with Crippen LogP contribution in [0.3, 0.4) is 0 Å². The first kappa shape index (κ1) is 15.0. The first-order chi connectivity index (χ1) is 8.67. The van der Waals surface area contributed by atoms with Crippen LogP contribution < -0.4 is 5.32 Å². The van der Waals surface area contributed by atoms with Crippen molar-refractivity contribution in [2.24, 2.45) is 0 Å². The van der Waals surface area contributed by atoms with Gasteiger partial charge in [-0.2, -0.15) is 0 Å². The summed E-state index contributed by atoms with van der Waals surface area (Å²) in [5, 5.41) is 3.43. The van der Waals surface area contributed by atoms with E-state index in [1.54, 1.807) is 6.26 Å². The normalized spacial score (nSPS) is 11.4. The molecule has 3 heteroatoms. The maximum atomic E-state index is 5.60. The van der Waals surface area contributed by atoms with Crippen LogP contribution in [0.15, 0.2) is 29.4 Å². The molecule has 0 spiro atoms. The van der Waals surface area contributed by atoms with Crippen molar-refractivity contribution in [3.63, 3.8) is 0 Å². The zero-order valence-electron chi connectivity index (χ0n) is 11.9. The maximum absolute atomic E-state index is 5.60. The minimum absolute atomic E-state index is 0.493. The predicted molar refractivity (Wildman–Crippen MR) is 76.4 cm³/mol. The summed E-state index contributed by atoms with van der Waals surface area (Å²) >= 11 is 0. The fourth-order valence-corrected chi connectivity index (χ4v) is 1.91. The van der Waals surface area contributed by atoms with Crippen molar-refractivity contribution in [2.75, 3.05) is 13.1 Å². The molecule has 0 fully saturated rings. The number of hydrogen-bond donors (Lipinski definition) is 1. The van der Waals surface area contributed by atoms with Gasteiger partial charge in [-0.1, -0.05) is 26.8 Å². The predicted octanol–water partition coefficient (Wildman–Crippen LogP) is 3.18. The Balaban J connectivity index is 2.58. The summed E-state index contributed by atoms with van der Waals surface area (Å²) in [4.78, 5) is 2.35. The Morgan fingerprint density at radius 2 is 2.28 bits per heavy atom. The zero-order valence-corrected chi connectivity index (χ0v) is 11.9. The Hall–Kier alpha value is -1.06. The zero-order chi connectivity index (χ0) is 13.4. The van der Waals surface area contributed by atoms with E-state index in [1.165, 1.54) is 5.56 Å². The standard InChI is InChI=1S/C15H26N2O/c1-5-8-17(9-6-2)12-15-14(7-10-18-15)11-16-13(3)4/h5,7,10,13,16H,1,6,8-9,11-12H2,2-4H3. The van der Waals surface area contributed by atoms with Gasteiger partial charge in [-0.3, -0.25) is 4.90 Å². The summed E-state index contributed by atoms with van der Waals surface area (Å²) in [6, 6.07) is 2.55. The summed E-state index contributed by atoms with van der Waals surface area (Å²) in [5.41, 5.74) is 1.26. The third kappa shape index (κ3) is 5.07. The minimum atomic E-state index is 0.493. The van der Waals surface area contributed by atoms with E-state index in [4.69, 9.17) is 4.42 Å². The van der Waals surface area contributed by atoms with E-state index in [9.17, 15) is 0 Å². The monoisotopic (exact) mass is 250 g/mol. The van der Waals surface area contributed by atoms with Crippen LogP contribution in [0.4, 0.5) is 0 Å². The third-order valence-electron chi connectivity index (χ3n) is 2.83. The lowest BCUT2D eigenvalue weighted by Gasteiger charge is -2.19. The highest BCUT2D eigenvalue weighted by Crippen LogP contribution is 2.14. The summed E-state index contributed by atoms with van der Waals surface area (Å²) in [5.74, 6) is 1.07. The van der Waals surface area contributed by atoms with E-state index in [0.29, 0.717) is 6.04 Å². The van der Waals surface area contributed by atoms with Gasteiger partial charge >= 0.3 is 0 Å². The molecular formula is C15H26N2O. The first-order valence-electron chi connectivity index (χ1n) is 6.79. The molecule has 0 saturated carbocycles. The molecule has 102 valence electrons. The summed E-state index contributed by atoms with van der Waals surface area (Å²) in [6.45, 7) is 14.0. The average Bonchev–Trinajstić information content (AvgIpc) is 2.74. The second-order valence-corrected chi connectivity index (χ2v) is 4.93. The summed E-state index contributed by atoms with van der Waals surface area (Å²) in [6.07, 6.45) is 4.88. The molecular weight excluding hydrogens is 224 g/mol. The Labute approximate surface area is 111 Å². The average molecular weight is 250 g/mol. The highest BCUT2D eigenvalue weighted by atomic mass is 16.3. The largest absolute Gasteiger partial charge is 0.468 e. The van der Waals surface area contributed by atoms with Gasteiger partial charge in [0.15, 0.2) is 0 Å². The van der Waals surface area contributed by atoms with Gasteiger partial charge in [0.05, 0.1) is 12.8 Å². The van der Waals surface area contributed by atoms with E-state index in [2.05, 4.69) is 43.6 Å². The quantitative estimate of drug-likeness (QED) is 0.682. The molecule has 0 saturated heterocycles. The van der Waals surface area contributed by atoms with Crippen LogP contribution in [0.2, 0.25) is 0 Å². The third-order valence-corrected chi connectivity index (χ3v) is 2.83. The first-order valence-corrected chi connectivity index (χ1v) is 6.79. The van der Waals surface area contributed by atoms with Crippen molar-refractivity contribution < 1.29 is 4.42 Å². The molecule has 0 unspecified atom stereocenters. The molecule has 0 aromatic carbocycles. The van der Waals surface area contributed by atoms with E-state index in [-0.39, 0.29) is 0 Å². The molecule has 0 aliphatic carbocycles. The molecule has 0 atom stereocenters. The number of hydrogen-bond acceptors (Lipinski definition) is 3. The highest BCUT2D eigenvalue weighted by molar-refractivity contribution is 5.17. The maximum Gasteiger partial charge on any atom is 0.122 e. The van der Waals surface area contributed by atoms with Gasteiger partial charge in [-0.05, 0) is 19.0 Å². The van der Waals surface area contributed by atoms with Gasteiger partial charge < -0.3 is 9.73 Å². The lowest BCUT2D eigenvalue weighted by atomic mass is 10.2. The van der Waals surface area contributed by atoms with Gasteiger partial charge in [0.25, 0.3) is 0 Å². The van der Waals surface area contributed by atoms with E-state index in [1.807, 2.05) is 6.08 Å². The van der Waals surface area contributed by atoms with Crippen molar-refractivity contribution in [3.05, 3.63) is 36.3 Å². The fraction of sp³-hybridized carbons (Fsp3) is 0.600. The second kappa shape index (κ2) is 8.11. The highest BCUT2D eigenvalue weighted by Gasteiger charge is 2.10. The fourth-order valence-electron chi connectivity index (χ4n) is 1.91. The Kier molecular flexibility index (Phi) is 6.76. The molecule has 3 nitrogen and oxygen atoms in total. The lowest BCUT2D eigenvalue weighted by molar-refractivity contribution is 0.267. The Morgan fingerprint density at radius 3 is 2.89 bits per heavy atom. The molecule has 0 radical (unpaired) electrons. The van der Waals surface area contributed by atoms with E-state index in [0.717, 1.165) is 38.4 Å². The van der Waals surface area contributed by atoms with Crippen LogP contribution >= 0.6 is 0 Å².